The number of aromatic nitrogens is 2. The monoisotopic (exact) mass is 304 g/mol. The van der Waals surface area contributed by atoms with Crippen LogP contribution in [0.1, 0.15) is 42.6 Å². The molecule has 118 valence electrons. The lowest BCUT2D eigenvalue weighted by Crippen LogP contribution is -2.36. The first kappa shape index (κ1) is 14.7. The van der Waals surface area contributed by atoms with E-state index in [1.807, 2.05) is 4.90 Å². The molecule has 1 aromatic heterocycles. The molecule has 22 heavy (non-hydrogen) atoms. The molecular weight excluding hydrogens is 284 g/mol. The maximum Gasteiger partial charge on any atom is 0.269 e. The first-order valence-electron chi connectivity index (χ1n) is 7.75. The van der Waals surface area contributed by atoms with Crippen molar-refractivity contribution >= 4 is 11.8 Å². The van der Waals surface area contributed by atoms with E-state index in [-0.39, 0.29) is 23.4 Å². The molecule has 0 aromatic carbocycles. The van der Waals surface area contributed by atoms with Crippen molar-refractivity contribution in [3.8, 4) is 0 Å². The van der Waals surface area contributed by atoms with Crippen molar-refractivity contribution in [2.24, 2.45) is 5.92 Å². The number of hydrogen-bond acceptors (Lipinski definition) is 4. The Morgan fingerprint density at radius 3 is 2.82 bits per heavy atom. The molecule has 1 aromatic rings. The second kappa shape index (κ2) is 6.29. The van der Waals surface area contributed by atoms with Gasteiger partial charge in [-0.05, 0) is 12.8 Å². The van der Waals surface area contributed by atoms with Crippen molar-refractivity contribution in [2.75, 3.05) is 13.1 Å². The fraction of sp³-hybridized carbons (Fsp3) is 0.600. The van der Waals surface area contributed by atoms with Gasteiger partial charge in [-0.15, -0.1) is 0 Å². The number of H-pyrrole nitrogens is 1. The van der Waals surface area contributed by atoms with E-state index < -0.39 is 5.56 Å². The molecule has 7 heteroatoms. The number of carbonyl (C=O) groups is 2. The summed E-state index contributed by atoms with van der Waals surface area (Å²) in [7, 11) is 0. The third-order valence-corrected chi connectivity index (χ3v) is 4.45. The third kappa shape index (κ3) is 3.18. The molecule has 0 radical (unpaired) electrons. The van der Waals surface area contributed by atoms with E-state index in [2.05, 4.69) is 15.3 Å². The first-order chi connectivity index (χ1) is 10.6. The second-order valence-electron chi connectivity index (χ2n) is 6.07. The average Bonchev–Trinajstić information content (AvgIpc) is 3.14. The van der Waals surface area contributed by atoms with Crippen molar-refractivity contribution < 1.29 is 9.59 Å². The van der Waals surface area contributed by atoms with Crippen LogP contribution in [0.5, 0.6) is 0 Å². The van der Waals surface area contributed by atoms with Crippen LogP contribution >= 0.6 is 0 Å². The number of nitrogens with one attached hydrogen (secondary N) is 2. The Bertz CT molecular complexity index is 621. The van der Waals surface area contributed by atoms with E-state index in [4.69, 9.17) is 0 Å². The Balaban J connectivity index is 1.53. The normalized spacial score (nSPS) is 22.3. The van der Waals surface area contributed by atoms with Gasteiger partial charge in [-0.25, -0.2) is 0 Å². The molecular formula is C15H20N4O3. The number of nitrogens with zero attached hydrogens (tertiary/aromatic N) is 2. The summed E-state index contributed by atoms with van der Waals surface area (Å²) in [5.74, 6) is -0.0293. The van der Waals surface area contributed by atoms with Crippen molar-refractivity contribution in [1.82, 2.24) is 20.2 Å². The van der Waals surface area contributed by atoms with E-state index in [0.29, 0.717) is 25.6 Å². The van der Waals surface area contributed by atoms with Crippen LogP contribution in [-0.2, 0) is 4.79 Å². The van der Waals surface area contributed by atoms with Crippen LogP contribution in [0.25, 0.3) is 0 Å². The van der Waals surface area contributed by atoms with Crippen LogP contribution in [0.4, 0.5) is 0 Å². The van der Waals surface area contributed by atoms with Crippen molar-refractivity contribution in [1.29, 1.82) is 0 Å². The minimum Gasteiger partial charge on any atom is -0.350 e. The van der Waals surface area contributed by atoms with Gasteiger partial charge in [0.1, 0.15) is 5.69 Å². The van der Waals surface area contributed by atoms with Gasteiger partial charge in [0.25, 0.3) is 11.5 Å². The van der Waals surface area contributed by atoms with Crippen LogP contribution < -0.4 is 10.9 Å². The molecule has 0 spiro atoms. The van der Waals surface area contributed by atoms with Gasteiger partial charge in [-0.1, -0.05) is 12.8 Å². The number of rotatable bonds is 4. The Morgan fingerprint density at radius 2 is 2.09 bits per heavy atom. The average molecular weight is 304 g/mol. The van der Waals surface area contributed by atoms with Gasteiger partial charge in [0.2, 0.25) is 5.91 Å². The highest BCUT2D eigenvalue weighted by Gasteiger charge is 2.35. The van der Waals surface area contributed by atoms with Gasteiger partial charge in [0.15, 0.2) is 0 Å². The van der Waals surface area contributed by atoms with Crippen LogP contribution in [-0.4, -0.2) is 45.8 Å². The van der Waals surface area contributed by atoms with Crippen molar-refractivity contribution in [3.05, 3.63) is 28.4 Å². The zero-order valence-corrected chi connectivity index (χ0v) is 12.4. The molecule has 1 aliphatic carbocycles. The van der Waals surface area contributed by atoms with Crippen LogP contribution in [0.2, 0.25) is 0 Å². The summed E-state index contributed by atoms with van der Waals surface area (Å²) in [6.07, 6.45) is 7.52. The Labute approximate surface area is 128 Å². The van der Waals surface area contributed by atoms with Crippen LogP contribution in [0.3, 0.4) is 0 Å². The lowest BCUT2D eigenvalue weighted by Gasteiger charge is -2.24. The third-order valence-electron chi connectivity index (χ3n) is 4.45. The van der Waals surface area contributed by atoms with Crippen LogP contribution in [0.15, 0.2) is 17.2 Å². The van der Waals surface area contributed by atoms with Gasteiger partial charge in [0.05, 0.1) is 12.4 Å². The molecule has 0 unspecified atom stereocenters. The molecule has 7 nitrogen and oxygen atoms in total. The summed E-state index contributed by atoms with van der Waals surface area (Å²) in [4.78, 5) is 43.3. The highest BCUT2D eigenvalue weighted by molar-refractivity contribution is 5.91. The molecule has 2 fully saturated rings. The van der Waals surface area contributed by atoms with E-state index in [1.165, 1.54) is 19.0 Å². The summed E-state index contributed by atoms with van der Waals surface area (Å²) in [6.45, 7) is 1.15. The van der Waals surface area contributed by atoms with Gasteiger partial charge in [0, 0.05) is 31.5 Å². The zero-order chi connectivity index (χ0) is 15.5. The molecule has 1 aliphatic heterocycles. The summed E-state index contributed by atoms with van der Waals surface area (Å²) >= 11 is 0. The number of amides is 2. The highest BCUT2D eigenvalue weighted by Crippen LogP contribution is 2.29. The lowest BCUT2D eigenvalue weighted by atomic mass is 10.1. The molecule has 1 atom stereocenters. The SMILES string of the molecule is O=C(NC[C@H]1CC(=O)N(C2CCCC2)C1)c1cncc(=O)[nH]1. The summed E-state index contributed by atoms with van der Waals surface area (Å²) in [5.41, 5.74) is -0.263. The van der Waals surface area contributed by atoms with Gasteiger partial charge in [-0.2, -0.15) is 0 Å². The predicted molar refractivity (Wildman–Crippen MR) is 79.3 cm³/mol. The maximum atomic E-state index is 12.1. The number of hydrogen-bond donors (Lipinski definition) is 2. The van der Waals surface area contributed by atoms with Crippen LogP contribution in [0, 0.1) is 5.92 Å². The highest BCUT2D eigenvalue weighted by atomic mass is 16.2. The molecule has 0 bridgehead atoms. The zero-order valence-electron chi connectivity index (χ0n) is 12.4. The standard InChI is InChI=1S/C15H20N4O3/c20-13-8-16-7-12(18-13)15(22)17-6-10-5-14(21)19(9-10)11-3-1-2-4-11/h7-8,10-11H,1-6,9H2,(H,17,22)(H,18,20)/t10-/m1/s1. The quantitative estimate of drug-likeness (QED) is 0.836. The topological polar surface area (TPSA) is 95.2 Å². The smallest absolute Gasteiger partial charge is 0.269 e. The number of likely N-dealkylation sites (tertiary alicyclic amines) is 1. The first-order valence-corrected chi connectivity index (χ1v) is 7.75. The van der Waals surface area contributed by atoms with Crippen molar-refractivity contribution in [3.63, 3.8) is 0 Å². The largest absolute Gasteiger partial charge is 0.350 e. The van der Waals surface area contributed by atoms with E-state index in [1.54, 1.807) is 0 Å². The fourth-order valence-electron chi connectivity index (χ4n) is 3.34. The van der Waals surface area contributed by atoms with E-state index >= 15 is 0 Å². The second-order valence-corrected chi connectivity index (χ2v) is 6.07. The minimum atomic E-state index is -0.406. The van der Waals surface area contributed by atoms with E-state index in [9.17, 15) is 14.4 Å². The molecule has 1 saturated heterocycles. The molecule has 2 N–H and O–H groups in total. The minimum absolute atomic E-state index is 0.139. The van der Waals surface area contributed by atoms with Gasteiger partial charge in [-0.3, -0.25) is 19.4 Å². The lowest BCUT2D eigenvalue weighted by molar-refractivity contribution is -0.129. The Morgan fingerprint density at radius 1 is 1.32 bits per heavy atom. The van der Waals surface area contributed by atoms with Gasteiger partial charge >= 0.3 is 0 Å². The van der Waals surface area contributed by atoms with Crippen molar-refractivity contribution in [2.45, 2.75) is 38.1 Å². The Kier molecular flexibility index (Phi) is 4.22. The molecule has 2 heterocycles. The van der Waals surface area contributed by atoms with Gasteiger partial charge < -0.3 is 15.2 Å². The molecule has 1 saturated carbocycles. The van der Waals surface area contributed by atoms with E-state index in [0.717, 1.165) is 19.0 Å². The number of carbonyl (C=O) groups excluding carboxylic acids is 2. The predicted octanol–water partition coefficient (Wildman–Crippen LogP) is 0.291. The summed E-state index contributed by atoms with van der Waals surface area (Å²) in [6, 6.07) is 0.392. The molecule has 2 amide bonds. The molecule has 3 rings (SSSR count). The Hall–Kier alpha value is -2.18. The summed E-state index contributed by atoms with van der Waals surface area (Å²) < 4.78 is 0. The fourth-order valence-corrected chi connectivity index (χ4v) is 3.34. The summed E-state index contributed by atoms with van der Waals surface area (Å²) in [5, 5.41) is 2.77. The molecule has 2 aliphatic rings. The number of aromatic amines is 1. The maximum absolute atomic E-state index is 12.1.